The molecule has 276 valence electrons. The molecule has 4 aliphatic rings. The fourth-order valence-electron chi connectivity index (χ4n) is 8.40. The lowest BCUT2D eigenvalue weighted by atomic mass is 9.96. The highest BCUT2D eigenvalue weighted by Crippen LogP contribution is 2.33. The van der Waals surface area contributed by atoms with Gasteiger partial charge in [-0.05, 0) is 87.3 Å². The van der Waals surface area contributed by atoms with Gasteiger partial charge in [-0.15, -0.1) is 0 Å². The maximum Gasteiger partial charge on any atom is 0.255 e. The van der Waals surface area contributed by atoms with E-state index in [1.165, 1.54) is 0 Å². The average molecular weight is 718 g/mol. The zero-order valence-corrected chi connectivity index (χ0v) is 30.1. The number of fused-ring (bicyclic) bond motifs is 2. The molecule has 8 rings (SSSR count). The van der Waals surface area contributed by atoms with Crippen LogP contribution in [0.3, 0.4) is 0 Å². The number of hydrogen-bond acceptors (Lipinski definition) is 9. The first-order valence-corrected chi connectivity index (χ1v) is 19.1. The molecule has 13 nitrogen and oxygen atoms in total. The summed E-state index contributed by atoms with van der Waals surface area (Å²) in [5, 5.41) is 17.4. The summed E-state index contributed by atoms with van der Waals surface area (Å²) in [7, 11) is 0. The van der Waals surface area contributed by atoms with Crippen molar-refractivity contribution >= 4 is 46.5 Å². The van der Waals surface area contributed by atoms with Gasteiger partial charge in [-0.3, -0.25) is 24.5 Å². The highest BCUT2D eigenvalue weighted by atomic mass is 16.2. The van der Waals surface area contributed by atoms with Crippen molar-refractivity contribution in [2.75, 3.05) is 35.2 Å². The number of carbonyl (C=O) groups is 4. The lowest BCUT2D eigenvalue weighted by Gasteiger charge is -2.34. The van der Waals surface area contributed by atoms with E-state index >= 15 is 0 Å². The molecular weight excluding hydrogens is 670 g/mol. The van der Waals surface area contributed by atoms with E-state index in [1.807, 2.05) is 40.9 Å². The van der Waals surface area contributed by atoms with Crippen LogP contribution in [0.25, 0.3) is 5.65 Å². The Hall–Kier alpha value is -5.46. The summed E-state index contributed by atoms with van der Waals surface area (Å²) < 4.78 is 1.85. The van der Waals surface area contributed by atoms with Gasteiger partial charge in [0.2, 0.25) is 11.8 Å². The Morgan fingerprint density at radius 3 is 2.57 bits per heavy atom. The minimum atomic E-state index is -0.622. The lowest BCUT2D eigenvalue weighted by molar-refractivity contribution is -0.136. The molecule has 2 aromatic carbocycles. The third-order valence-corrected chi connectivity index (χ3v) is 11.3. The number of imide groups is 1. The first-order chi connectivity index (χ1) is 25.8. The molecule has 1 aliphatic carbocycles. The summed E-state index contributed by atoms with van der Waals surface area (Å²) >= 11 is 0. The van der Waals surface area contributed by atoms with Crippen molar-refractivity contribution in [2.45, 2.75) is 89.4 Å². The number of hydrogen-bond donors (Lipinski definition) is 4. The first-order valence-electron chi connectivity index (χ1n) is 19.1. The molecule has 4 aromatic rings. The number of nitrogens with one attached hydrogen (secondary N) is 4. The summed E-state index contributed by atoms with van der Waals surface area (Å²) in [5.74, 6) is 0.549. The molecule has 3 atom stereocenters. The van der Waals surface area contributed by atoms with Crippen LogP contribution >= 0.6 is 0 Å². The van der Waals surface area contributed by atoms with Gasteiger partial charge in [0.15, 0.2) is 5.65 Å². The van der Waals surface area contributed by atoms with E-state index in [-0.39, 0.29) is 36.2 Å². The van der Waals surface area contributed by atoms with E-state index in [2.05, 4.69) is 56.4 Å². The minimum Gasteiger partial charge on any atom is -0.384 e. The number of piperidine rings is 2. The van der Waals surface area contributed by atoms with Crippen molar-refractivity contribution in [3.8, 4) is 0 Å². The molecule has 1 unspecified atom stereocenters. The first kappa shape index (κ1) is 34.6. The van der Waals surface area contributed by atoms with Crippen LogP contribution in [-0.4, -0.2) is 80.9 Å². The molecule has 3 fully saturated rings. The van der Waals surface area contributed by atoms with Crippen molar-refractivity contribution in [3.05, 3.63) is 83.2 Å². The number of carbonyl (C=O) groups excluding carboxylic acids is 4. The summed E-state index contributed by atoms with van der Waals surface area (Å²) in [4.78, 5) is 59.2. The maximum absolute atomic E-state index is 13.2. The molecule has 4 amide bonds. The van der Waals surface area contributed by atoms with Crippen molar-refractivity contribution in [2.24, 2.45) is 5.92 Å². The summed E-state index contributed by atoms with van der Waals surface area (Å²) in [6.07, 6.45) is 9.12. The Kier molecular flexibility index (Phi) is 9.72. The molecule has 0 bridgehead atoms. The van der Waals surface area contributed by atoms with Crippen LogP contribution in [0, 0.1) is 5.92 Å². The largest absolute Gasteiger partial charge is 0.384 e. The topological polar surface area (TPSA) is 153 Å². The van der Waals surface area contributed by atoms with Crippen LogP contribution in [-0.2, 0) is 22.6 Å². The molecule has 5 heterocycles. The van der Waals surface area contributed by atoms with Gasteiger partial charge in [0.25, 0.3) is 11.8 Å². The normalized spacial score (nSPS) is 21.9. The van der Waals surface area contributed by atoms with E-state index in [0.717, 1.165) is 98.7 Å². The molecule has 4 N–H and O–H groups in total. The third kappa shape index (κ3) is 7.29. The highest BCUT2D eigenvalue weighted by Gasteiger charge is 2.40. The van der Waals surface area contributed by atoms with Crippen LogP contribution in [0.1, 0.15) is 90.3 Å². The molecule has 3 aliphatic heterocycles. The van der Waals surface area contributed by atoms with Crippen LogP contribution in [0.15, 0.2) is 60.8 Å². The molecule has 2 saturated heterocycles. The molecule has 53 heavy (non-hydrogen) atoms. The van der Waals surface area contributed by atoms with Crippen LogP contribution in [0.2, 0.25) is 0 Å². The Balaban J connectivity index is 0.798. The second-order valence-corrected chi connectivity index (χ2v) is 14.9. The van der Waals surface area contributed by atoms with E-state index in [1.54, 1.807) is 11.1 Å². The van der Waals surface area contributed by atoms with E-state index in [9.17, 15) is 19.2 Å². The Morgan fingerprint density at radius 1 is 0.962 bits per heavy atom. The fourth-order valence-corrected chi connectivity index (χ4v) is 8.40. The van der Waals surface area contributed by atoms with E-state index in [0.29, 0.717) is 30.0 Å². The quantitative estimate of drug-likeness (QED) is 0.164. The zero-order chi connectivity index (χ0) is 36.5. The Morgan fingerprint density at radius 2 is 1.77 bits per heavy atom. The van der Waals surface area contributed by atoms with Gasteiger partial charge in [0.1, 0.15) is 11.9 Å². The highest BCUT2D eigenvalue weighted by molar-refractivity contribution is 6.06. The second-order valence-electron chi connectivity index (χ2n) is 14.9. The fraction of sp³-hybridized carbons (Fsp3) is 0.450. The van der Waals surface area contributed by atoms with E-state index in [4.69, 9.17) is 4.98 Å². The monoisotopic (exact) mass is 717 g/mol. The smallest absolute Gasteiger partial charge is 0.255 e. The summed E-state index contributed by atoms with van der Waals surface area (Å²) in [6, 6.07) is 17.4. The Bertz CT molecular complexity index is 2020. The average Bonchev–Trinajstić information content (AvgIpc) is 3.91. The zero-order valence-electron chi connectivity index (χ0n) is 30.1. The number of nitrogens with zero attached hydrogens (tertiary/aromatic N) is 5. The van der Waals surface area contributed by atoms with Crippen molar-refractivity contribution in [3.63, 3.8) is 0 Å². The van der Waals surface area contributed by atoms with Gasteiger partial charge in [-0.1, -0.05) is 19.4 Å². The number of benzene rings is 2. The molecule has 2 aromatic heterocycles. The van der Waals surface area contributed by atoms with Gasteiger partial charge in [-0.25, -0.2) is 4.98 Å². The van der Waals surface area contributed by atoms with Crippen LogP contribution < -0.4 is 26.2 Å². The number of anilines is 3. The van der Waals surface area contributed by atoms with Crippen molar-refractivity contribution in [1.82, 2.24) is 30.1 Å². The lowest BCUT2D eigenvalue weighted by Crippen LogP contribution is -2.52. The molecule has 0 radical (unpaired) electrons. The van der Waals surface area contributed by atoms with Crippen LogP contribution in [0.4, 0.5) is 17.2 Å². The number of aromatic nitrogens is 3. The van der Waals surface area contributed by atoms with E-state index < -0.39 is 11.9 Å². The van der Waals surface area contributed by atoms with Gasteiger partial charge in [0, 0.05) is 90.6 Å². The van der Waals surface area contributed by atoms with Crippen molar-refractivity contribution < 1.29 is 19.2 Å². The van der Waals surface area contributed by atoms with Gasteiger partial charge in [-0.2, -0.15) is 9.61 Å². The van der Waals surface area contributed by atoms with Crippen LogP contribution in [0.5, 0.6) is 0 Å². The molecular formula is C40H47N9O4. The second kappa shape index (κ2) is 14.9. The van der Waals surface area contributed by atoms with Gasteiger partial charge in [0.05, 0.1) is 6.20 Å². The predicted octanol–water partition coefficient (Wildman–Crippen LogP) is 4.53. The van der Waals surface area contributed by atoms with Gasteiger partial charge < -0.3 is 25.8 Å². The Labute approximate surface area is 308 Å². The SMILES string of the molecule is CCCc1cc(N[C@@H]2CC[C@@H](NC(=O)c3ccc(N4CCC(CNc5cccc6c5CN(C5CCC(=O)NC5=O)C6=O)CC4)cc3)C2)n2nccc2n1. The molecule has 0 spiro atoms. The number of rotatable bonds is 11. The minimum absolute atomic E-state index is 0.0371. The summed E-state index contributed by atoms with van der Waals surface area (Å²) in [5.41, 5.74) is 6.16. The van der Waals surface area contributed by atoms with Gasteiger partial charge >= 0.3 is 0 Å². The molecule has 13 heteroatoms. The maximum atomic E-state index is 13.2. The standard InChI is InChI=1S/C40H47N9O4/c1-2-4-27-22-36(49-35(43-27)15-18-42-49)44-28-9-10-29(21-28)45-38(51)26-7-11-30(12-8-26)47-19-16-25(17-20-47)23-41-33-6-3-5-31-32(33)24-48(40(31)53)34-13-14-37(50)46-39(34)52/h3,5-8,11-12,15,18,22,25,28-29,34,41,44H,2,4,9-10,13-14,16-17,19-21,23-24H2,1H3,(H,45,51)(H,46,50,52)/t28-,29-,34?/m1/s1. The molecule has 1 saturated carbocycles. The third-order valence-electron chi connectivity index (χ3n) is 11.3. The number of aryl methyl sites for hydroxylation is 1. The van der Waals surface area contributed by atoms with Crippen molar-refractivity contribution in [1.29, 1.82) is 0 Å². The predicted molar refractivity (Wildman–Crippen MR) is 202 cm³/mol. The summed E-state index contributed by atoms with van der Waals surface area (Å²) in [6.45, 7) is 5.15. The number of amides is 4.